The van der Waals surface area contributed by atoms with Crippen LogP contribution < -0.4 is 67.0 Å². The molecule has 3 aromatic carbocycles. The van der Waals surface area contributed by atoms with E-state index in [9.17, 15) is 0 Å². The fraction of sp³-hybridized carbons (Fsp3) is 0.267. The third-order valence-electron chi connectivity index (χ3n) is 7.91. The molecule has 0 aliphatic heterocycles. The molecule has 1 aliphatic rings. The largest absolute Gasteiger partial charge is 1.00 e. The van der Waals surface area contributed by atoms with Gasteiger partial charge < -0.3 is 37.2 Å². The fourth-order valence-corrected chi connectivity index (χ4v) is 14.6. The van der Waals surface area contributed by atoms with Gasteiger partial charge in [0.05, 0.1) is 0 Å². The normalized spacial score (nSPS) is 14.2. The van der Waals surface area contributed by atoms with E-state index in [1.165, 1.54) is 37.9 Å². The summed E-state index contributed by atoms with van der Waals surface area (Å²) in [5.41, 5.74) is 5.51. The maximum Gasteiger partial charge on any atom is -1.00 e. The van der Waals surface area contributed by atoms with Crippen LogP contribution in [0.2, 0.25) is 3.34 Å². The van der Waals surface area contributed by atoms with Gasteiger partial charge in [0.2, 0.25) is 0 Å². The molecule has 0 heterocycles. The number of halogens is 3. The summed E-state index contributed by atoms with van der Waals surface area (Å²) in [5.74, 6) is 2.67. The first kappa shape index (κ1) is 34.4. The second kappa shape index (κ2) is 13.6. The van der Waals surface area contributed by atoms with E-state index in [-0.39, 0.29) is 40.6 Å². The number of hydrogen-bond acceptors (Lipinski definition) is 3. The Kier molecular flexibility index (Phi) is 12.3. The van der Waals surface area contributed by atoms with Crippen molar-refractivity contribution in [2.75, 3.05) is 21.3 Å². The van der Waals surface area contributed by atoms with Crippen LogP contribution in [0.15, 0.2) is 95.1 Å². The van der Waals surface area contributed by atoms with Crippen LogP contribution in [-0.2, 0) is 20.4 Å². The van der Waals surface area contributed by atoms with Crippen LogP contribution >= 0.6 is 0 Å². The van der Waals surface area contributed by atoms with Gasteiger partial charge in [0.25, 0.3) is 0 Å². The van der Waals surface area contributed by atoms with Crippen LogP contribution in [0.1, 0.15) is 27.7 Å². The summed E-state index contributed by atoms with van der Waals surface area (Å²) in [6, 6.07) is 25.5. The molecule has 0 unspecified atom stereocenters. The van der Waals surface area contributed by atoms with E-state index < -0.39 is 8.07 Å². The molecular weight excluding hydrogens is 591 g/mol. The third kappa shape index (κ3) is 4.89. The minimum absolute atomic E-state index is 0. The van der Waals surface area contributed by atoms with Gasteiger partial charge in [-0.3, -0.25) is 0 Å². The van der Waals surface area contributed by atoms with Gasteiger partial charge in [0.1, 0.15) is 0 Å². The third-order valence-corrected chi connectivity index (χ3v) is 16.4. The average molecular weight is 624 g/mol. The summed E-state index contributed by atoms with van der Waals surface area (Å²) in [5, 5.41) is 3.63. The molecule has 4 rings (SSSR count). The first-order valence-corrected chi connectivity index (χ1v) is 14.6. The molecule has 8 heteroatoms. The van der Waals surface area contributed by atoms with Crippen LogP contribution in [0.3, 0.4) is 0 Å². The zero-order chi connectivity index (χ0) is 25.4. The van der Waals surface area contributed by atoms with Gasteiger partial charge in [-0.2, -0.15) is 0 Å². The standard InChI is InChI=1S/C30H33O3Si.3ClH.Ti/c1-20-21(2)23(4)30(22(20)3)34(27-17-11-8-14-24(27)31-5,28-18-12-9-15-25(28)32-6)29-19-13-10-16-26(29)33-7;;;;/h8-19H,1-7H3;3*1H;/q;;;;+3/p-3. The van der Waals surface area contributed by atoms with Gasteiger partial charge in [-0.1, -0.05) is 0 Å². The molecule has 1 aliphatic carbocycles. The van der Waals surface area contributed by atoms with E-state index >= 15 is 0 Å². The minimum Gasteiger partial charge on any atom is -1.00 e. The smallest absolute Gasteiger partial charge is 1.00 e. The maximum atomic E-state index is 6.09. The van der Waals surface area contributed by atoms with Crippen molar-refractivity contribution in [3.63, 3.8) is 0 Å². The number of para-hydroxylation sites is 3. The van der Waals surface area contributed by atoms with Gasteiger partial charge in [0.15, 0.2) is 0 Å². The van der Waals surface area contributed by atoms with E-state index in [2.05, 4.69) is 103 Å². The van der Waals surface area contributed by atoms with Crippen molar-refractivity contribution in [1.82, 2.24) is 0 Å². The predicted molar refractivity (Wildman–Crippen MR) is 143 cm³/mol. The molecule has 3 aromatic rings. The van der Waals surface area contributed by atoms with Crippen LogP contribution in [0.5, 0.6) is 17.2 Å². The van der Waals surface area contributed by atoms with Gasteiger partial charge in [-0.15, -0.1) is 0 Å². The second-order valence-corrected chi connectivity index (χ2v) is 14.9. The average Bonchev–Trinajstić information content (AvgIpc) is 3.05. The van der Waals surface area contributed by atoms with E-state index in [1.54, 1.807) is 21.3 Å². The maximum absolute atomic E-state index is 6.09. The monoisotopic (exact) mass is 622 g/mol. The molecule has 0 saturated heterocycles. The summed E-state index contributed by atoms with van der Waals surface area (Å²) >= 11 is 2.43. The molecule has 200 valence electrons. The van der Waals surface area contributed by atoms with Crippen molar-refractivity contribution >= 4 is 23.6 Å². The Balaban J connectivity index is 0.00000241. The number of methoxy groups -OCH3 is 3. The fourth-order valence-electron chi connectivity index (χ4n) is 5.87. The van der Waals surface area contributed by atoms with Crippen molar-refractivity contribution in [3.05, 3.63) is 95.1 Å². The quantitative estimate of drug-likeness (QED) is 0.199. The molecule has 3 nitrogen and oxygen atoms in total. The summed E-state index contributed by atoms with van der Waals surface area (Å²) in [6.07, 6.45) is 0. The van der Waals surface area contributed by atoms with Gasteiger partial charge in [0, 0.05) is 0 Å². The van der Waals surface area contributed by atoms with E-state index in [0.29, 0.717) is 0 Å². The van der Waals surface area contributed by atoms with Crippen LogP contribution in [0.4, 0.5) is 0 Å². The topological polar surface area (TPSA) is 27.7 Å². The molecule has 0 saturated carbocycles. The zero-order valence-corrected chi connectivity index (χ0v) is 27.6. The molecule has 0 spiro atoms. The van der Waals surface area contributed by atoms with Crippen LogP contribution in [0.25, 0.3) is 0 Å². The molecule has 0 radical (unpaired) electrons. The SMILES string of the molecule is COc1ccccc1[Si](c1ccccc1OC)(c1ccccc1OC)[C]1([Ti+3])C(C)=C(C)C(C)=C1C.[Cl-].[Cl-].[Cl-]. The Bertz CT molecular complexity index is 1200. The first-order chi connectivity index (χ1) is 16.8. The van der Waals surface area contributed by atoms with Crippen molar-refractivity contribution in [1.29, 1.82) is 0 Å². The van der Waals surface area contributed by atoms with E-state index in [0.717, 1.165) is 17.2 Å². The first-order valence-electron chi connectivity index (χ1n) is 11.8. The van der Waals surface area contributed by atoms with Crippen molar-refractivity contribution in [2.24, 2.45) is 0 Å². The van der Waals surface area contributed by atoms with Crippen LogP contribution in [0, 0.1) is 0 Å². The molecule has 38 heavy (non-hydrogen) atoms. The van der Waals surface area contributed by atoms with Crippen molar-refractivity contribution in [3.8, 4) is 17.2 Å². The molecule has 0 amide bonds. The zero-order valence-electron chi connectivity index (χ0n) is 22.8. The Hall–Kier alpha value is -1.66. The molecular formula is C30H33Cl3O3SiTi. The summed E-state index contributed by atoms with van der Waals surface area (Å²) in [6.45, 7) is 9.12. The van der Waals surface area contributed by atoms with Gasteiger partial charge >= 0.3 is 223 Å². The summed E-state index contributed by atoms with van der Waals surface area (Å²) < 4.78 is 18.0. The predicted octanol–water partition coefficient (Wildman–Crippen LogP) is -3.87. The van der Waals surface area contributed by atoms with Gasteiger partial charge in [-0.05, 0) is 0 Å². The Labute approximate surface area is 258 Å². The number of benzene rings is 3. The number of ether oxygens (including phenoxy) is 3. The van der Waals surface area contributed by atoms with E-state index in [1.807, 2.05) is 18.2 Å². The van der Waals surface area contributed by atoms with E-state index in [4.69, 9.17) is 14.2 Å². The Morgan fingerprint density at radius 3 is 1.05 bits per heavy atom. The molecule has 0 N–H and O–H groups in total. The number of hydrogen-bond donors (Lipinski definition) is 0. The summed E-state index contributed by atoms with van der Waals surface area (Å²) in [7, 11) is 2.28. The summed E-state index contributed by atoms with van der Waals surface area (Å²) in [4.78, 5) is 0. The Morgan fingerprint density at radius 2 is 0.789 bits per heavy atom. The van der Waals surface area contributed by atoms with Crippen molar-refractivity contribution < 1.29 is 71.9 Å². The van der Waals surface area contributed by atoms with Crippen LogP contribution in [-0.4, -0.2) is 29.4 Å². The second-order valence-electron chi connectivity index (χ2n) is 9.10. The minimum atomic E-state index is -3.01. The van der Waals surface area contributed by atoms with Crippen molar-refractivity contribution in [2.45, 2.75) is 31.0 Å². The number of allylic oxidation sites excluding steroid dienone is 4. The number of rotatable bonds is 7. The van der Waals surface area contributed by atoms with Gasteiger partial charge in [-0.25, -0.2) is 0 Å². The molecule has 0 aromatic heterocycles. The molecule has 0 atom stereocenters. The Morgan fingerprint density at radius 1 is 0.526 bits per heavy atom. The molecule has 0 bridgehead atoms. The molecule has 0 fully saturated rings.